The van der Waals surface area contributed by atoms with Gasteiger partial charge in [-0.1, -0.05) is 88.3 Å². The third-order valence-corrected chi connectivity index (χ3v) is 8.96. The molecular weight excluding hydrogens is 657 g/mol. The molecule has 210 valence electrons. The molecule has 6 nitrogen and oxygen atoms in total. The average Bonchev–Trinajstić information content (AvgIpc) is 2.95. The van der Waals surface area contributed by atoms with E-state index in [4.69, 9.17) is 58.0 Å². The minimum atomic E-state index is -1.51. The zero-order valence-corrected chi connectivity index (χ0v) is 24.9. The molecule has 0 saturated heterocycles. The molecule has 3 N–H and O–H groups in total. The van der Waals surface area contributed by atoms with Crippen LogP contribution in [0.2, 0.25) is 25.1 Å². The quantitative estimate of drug-likeness (QED) is 0.0985. The van der Waals surface area contributed by atoms with Gasteiger partial charge in [-0.15, -0.1) is 11.8 Å². The second kappa shape index (κ2) is 13.3. The van der Waals surface area contributed by atoms with Crippen LogP contribution in [0.5, 0.6) is 0 Å². The van der Waals surface area contributed by atoms with Crippen LogP contribution in [0, 0.1) is 5.82 Å². The Morgan fingerprint density at radius 1 is 0.732 bits per heavy atom. The van der Waals surface area contributed by atoms with E-state index < -0.39 is 39.1 Å². The highest BCUT2D eigenvalue weighted by Crippen LogP contribution is 2.42. The summed E-state index contributed by atoms with van der Waals surface area (Å²) in [5.74, 6) is -3.35. The Morgan fingerprint density at radius 3 is 1.90 bits per heavy atom. The first-order valence-electron chi connectivity index (χ1n) is 11.5. The summed E-state index contributed by atoms with van der Waals surface area (Å²) in [4.78, 5) is 38.8. The van der Waals surface area contributed by atoms with Crippen molar-refractivity contribution in [2.45, 2.75) is 10.1 Å². The number of benzene rings is 4. The van der Waals surface area contributed by atoms with Crippen LogP contribution in [0.3, 0.4) is 0 Å². The Kier molecular flexibility index (Phi) is 10.1. The molecule has 4 rings (SSSR count). The first-order valence-corrected chi connectivity index (χ1v) is 14.2. The summed E-state index contributed by atoms with van der Waals surface area (Å²) in [7, 11) is 0. The fourth-order valence-corrected chi connectivity index (χ4v) is 5.90. The first kappa shape index (κ1) is 31.0. The van der Waals surface area contributed by atoms with Gasteiger partial charge < -0.3 is 15.7 Å². The number of carbonyl (C=O) groups is 3. The highest BCUT2D eigenvalue weighted by molar-refractivity contribution is 8.00. The van der Waals surface area contributed by atoms with Gasteiger partial charge in [-0.25, -0.2) is 9.18 Å². The SMILES string of the molecule is O=C(O)c1c(Cl)c(Cl)c(Cl)c(Cl)c1C(=O)Nc1ccc(SC(C(=O)Nc2ccc(F)c(Cl)c2)c2ccccc2)cc1. The van der Waals surface area contributed by atoms with Crippen molar-refractivity contribution in [2.24, 2.45) is 0 Å². The zero-order valence-electron chi connectivity index (χ0n) is 20.4. The molecule has 4 aromatic carbocycles. The Morgan fingerprint density at radius 2 is 1.32 bits per heavy atom. The largest absolute Gasteiger partial charge is 0.478 e. The Bertz CT molecular complexity index is 1660. The molecule has 0 bridgehead atoms. The van der Waals surface area contributed by atoms with Crippen LogP contribution < -0.4 is 10.6 Å². The fourth-order valence-electron chi connectivity index (χ4n) is 3.67. The topological polar surface area (TPSA) is 95.5 Å². The molecule has 4 aromatic rings. The maximum absolute atomic E-state index is 13.6. The molecule has 0 heterocycles. The van der Waals surface area contributed by atoms with E-state index in [0.717, 1.165) is 6.07 Å². The predicted molar refractivity (Wildman–Crippen MR) is 163 cm³/mol. The maximum Gasteiger partial charge on any atom is 0.338 e. The lowest BCUT2D eigenvalue weighted by molar-refractivity contribution is -0.115. The molecule has 0 fully saturated rings. The van der Waals surface area contributed by atoms with Crippen LogP contribution in [0.15, 0.2) is 77.7 Å². The van der Waals surface area contributed by atoms with Crippen molar-refractivity contribution in [3.05, 3.63) is 120 Å². The summed E-state index contributed by atoms with van der Waals surface area (Å²) in [6, 6.07) is 19.4. The van der Waals surface area contributed by atoms with Crippen LogP contribution in [0.4, 0.5) is 15.8 Å². The number of halogens is 6. The number of carbonyl (C=O) groups excluding carboxylic acids is 2. The number of carboxylic acids is 1. The Labute approximate surface area is 262 Å². The van der Waals surface area contributed by atoms with E-state index >= 15 is 0 Å². The summed E-state index contributed by atoms with van der Waals surface area (Å²) in [5.41, 5.74) is 0.319. The van der Waals surface area contributed by atoms with E-state index in [9.17, 15) is 23.9 Å². The highest BCUT2D eigenvalue weighted by Gasteiger charge is 2.29. The second-order valence-corrected chi connectivity index (χ2v) is 11.4. The molecule has 0 aliphatic heterocycles. The summed E-state index contributed by atoms with van der Waals surface area (Å²) < 4.78 is 13.6. The summed E-state index contributed by atoms with van der Waals surface area (Å²) in [5, 5.41) is 12.8. The molecule has 0 spiro atoms. The lowest BCUT2D eigenvalue weighted by atomic mass is 10.1. The van der Waals surface area contributed by atoms with Gasteiger partial charge in [0.2, 0.25) is 5.91 Å². The van der Waals surface area contributed by atoms with E-state index in [1.54, 1.807) is 48.5 Å². The molecule has 0 radical (unpaired) electrons. The first-order chi connectivity index (χ1) is 19.5. The van der Waals surface area contributed by atoms with E-state index in [0.29, 0.717) is 21.8 Å². The summed E-state index contributed by atoms with van der Waals surface area (Å²) in [6.07, 6.45) is 0. The monoisotopic (exact) mass is 670 g/mol. The number of carboxylic acid groups (broad SMARTS) is 1. The number of hydrogen-bond acceptors (Lipinski definition) is 4. The van der Waals surface area contributed by atoms with Gasteiger partial charge in [-0.3, -0.25) is 9.59 Å². The average molecular weight is 673 g/mol. The highest BCUT2D eigenvalue weighted by atomic mass is 35.5. The minimum Gasteiger partial charge on any atom is -0.478 e. The third kappa shape index (κ3) is 7.09. The maximum atomic E-state index is 13.6. The van der Waals surface area contributed by atoms with E-state index in [1.165, 1.54) is 23.9 Å². The lowest BCUT2D eigenvalue weighted by Gasteiger charge is -2.18. The van der Waals surface area contributed by atoms with Crippen molar-refractivity contribution in [1.82, 2.24) is 0 Å². The molecule has 1 unspecified atom stereocenters. The Hall–Kier alpha value is -2.98. The molecule has 0 saturated carbocycles. The van der Waals surface area contributed by atoms with Gasteiger partial charge in [0.15, 0.2) is 0 Å². The van der Waals surface area contributed by atoms with E-state index in [-0.39, 0.29) is 26.0 Å². The van der Waals surface area contributed by atoms with Gasteiger partial charge in [-0.05, 0) is 48.0 Å². The van der Waals surface area contributed by atoms with Crippen LogP contribution in [0.25, 0.3) is 0 Å². The molecule has 13 heteroatoms. The molecular formula is C28H16Cl5FN2O4S. The molecule has 0 aliphatic rings. The number of thioether (sulfide) groups is 1. The fraction of sp³-hybridized carbons (Fsp3) is 0.0357. The molecule has 1 atom stereocenters. The van der Waals surface area contributed by atoms with Gasteiger partial charge in [0.05, 0.1) is 36.2 Å². The predicted octanol–water partition coefficient (Wildman–Crippen LogP) is 9.52. The van der Waals surface area contributed by atoms with Crippen molar-refractivity contribution < 1.29 is 23.9 Å². The second-order valence-electron chi connectivity index (χ2n) is 8.32. The molecule has 41 heavy (non-hydrogen) atoms. The number of hydrogen-bond donors (Lipinski definition) is 3. The number of nitrogens with one attached hydrogen (secondary N) is 2. The van der Waals surface area contributed by atoms with Gasteiger partial charge >= 0.3 is 5.97 Å². The number of amides is 2. The van der Waals surface area contributed by atoms with E-state index in [2.05, 4.69) is 10.6 Å². The van der Waals surface area contributed by atoms with Crippen molar-refractivity contribution in [1.29, 1.82) is 0 Å². The number of anilines is 2. The number of aromatic carboxylic acids is 1. The smallest absolute Gasteiger partial charge is 0.338 e. The summed E-state index contributed by atoms with van der Waals surface area (Å²) >= 11 is 31.3. The van der Waals surface area contributed by atoms with Crippen molar-refractivity contribution in [2.75, 3.05) is 10.6 Å². The van der Waals surface area contributed by atoms with Gasteiger partial charge in [0.25, 0.3) is 5.91 Å². The van der Waals surface area contributed by atoms with Crippen molar-refractivity contribution in [3.63, 3.8) is 0 Å². The third-order valence-electron chi connectivity index (χ3n) is 5.60. The zero-order chi connectivity index (χ0) is 29.8. The van der Waals surface area contributed by atoms with Crippen LogP contribution in [0.1, 0.15) is 31.5 Å². The lowest BCUT2D eigenvalue weighted by Crippen LogP contribution is -2.19. The van der Waals surface area contributed by atoms with Gasteiger partial charge in [0.1, 0.15) is 11.1 Å². The van der Waals surface area contributed by atoms with Crippen LogP contribution in [-0.2, 0) is 4.79 Å². The Balaban J connectivity index is 1.56. The van der Waals surface area contributed by atoms with Gasteiger partial charge in [0, 0.05) is 16.3 Å². The van der Waals surface area contributed by atoms with E-state index in [1.807, 2.05) is 6.07 Å². The summed E-state index contributed by atoms with van der Waals surface area (Å²) in [6.45, 7) is 0. The standard InChI is InChI=1S/C28H16Cl5FN2O4S/c29-17-12-15(8-11-18(17)34)36-27(38)25(13-4-2-1-3-5-13)41-16-9-6-14(7-10-16)35-26(37)19-20(28(39)40)22(31)24(33)23(32)21(19)30/h1-12,25H,(H,35,37)(H,36,38)(H,39,40). The number of rotatable bonds is 8. The van der Waals surface area contributed by atoms with Crippen molar-refractivity contribution >= 4 is 98.9 Å². The van der Waals surface area contributed by atoms with Crippen LogP contribution in [-0.4, -0.2) is 22.9 Å². The molecule has 0 aliphatic carbocycles. The van der Waals surface area contributed by atoms with Gasteiger partial charge in [-0.2, -0.15) is 0 Å². The van der Waals surface area contributed by atoms with Crippen molar-refractivity contribution in [3.8, 4) is 0 Å². The minimum absolute atomic E-state index is 0.121. The molecule has 0 aromatic heterocycles. The molecule has 2 amide bonds. The van der Waals surface area contributed by atoms with Crippen LogP contribution >= 0.6 is 69.8 Å². The normalized spacial score (nSPS) is 11.6.